The van der Waals surface area contributed by atoms with E-state index in [4.69, 9.17) is 19.0 Å². The van der Waals surface area contributed by atoms with Crippen molar-refractivity contribution in [1.82, 2.24) is 0 Å². The average Bonchev–Trinajstić information content (AvgIpc) is 3.07. The molecule has 0 radical (unpaired) electrons. The lowest BCUT2D eigenvalue weighted by atomic mass is 9.99. The number of rotatable bonds is 7. The van der Waals surface area contributed by atoms with Crippen LogP contribution in [0.25, 0.3) is 0 Å². The van der Waals surface area contributed by atoms with E-state index in [0.29, 0.717) is 5.56 Å². The van der Waals surface area contributed by atoms with Gasteiger partial charge in [0.2, 0.25) is 0 Å². The van der Waals surface area contributed by atoms with Gasteiger partial charge in [0, 0.05) is 6.42 Å². The summed E-state index contributed by atoms with van der Waals surface area (Å²) >= 11 is 0. The van der Waals surface area contributed by atoms with E-state index in [1.54, 1.807) is 6.92 Å². The molecule has 0 amide bonds. The number of ether oxygens (including phenoxy) is 2. The minimum atomic E-state index is -1.77. The molecule has 0 aliphatic carbocycles. The lowest BCUT2D eigenvalue weighted by molar-refractivity contribution is -0.303. The number of Topliss-reactive ketones (excluding diaryl/α,β-unsaturated/α-hetero) is 1. The minimum absolute atomic E-state index is 0.150. The van der Waals surface area contributed by atoms with E-state index < -0.39 is 42.8 Å². The number of carbonyl (C=O) groups excluding carboxylic acids is 1. The van der Waals surface area contributed by atoms with Crippen LogP contribution in [0.1, 0.15) is 30.1 Å². The molecule has 1 fully saturated rings. The van der Waals surface area contributed by atoms with E-state index in [2.05, 4.69) is 0 Å². The molecule has 1 aliphatic rings. The van der Waals surface area contributed by atoms with Crippen LogP contribution < -0.4 is 0 Å². The van der Waals surface area contributed by atoms with Crippen LogP contribution in [0.15, 0.2) is 23.0 Å². The van der Waals surface area contributed by atoms with Crippen LogP contribution in [0, 0.1) is 0 Å². The number of carbonyl (C=O) groups is 2. The van der Waals surface area contributed by atoms with Crippen LogP contribution in [0.2, 0.25) is 0 Å². The third-order valence-electron chi connectivity index (χ3n) is 3.80. The Labute approximate surface area is 137 Å². The first kappa shape index (κ1) is 18.6. The third kappa shape index (κ3) is 4.19. The van der Waals surface area contributed by atoms with Crippen molar-refractivity contribution >= 4 is 11.8 Å². The summed E-state index contributed by atoms with van der Waals surface area (Å²) in [5.74, 6) is -1.63. The molecule has 2 heterocycles. The molecule has 4 N–H and O–H groups in total. The summed E-state index contributed by atoms with van der Waals surface area (Å²) in [7, 11) is 0. The van der Waals surface area contributed by atoms with Gasteiger partial charge in [0.1, 0.15) is 24.6 Å². The SMILES string of the molecule is CC(CCC(=O)c1ccoc1)O[C@@H]1O[C@H](C(=O)O)[C@@H](O)[C@H](O)[C@H]1O. The van der Waals surface area contributed by atoms with Crippen molar-refractivity contribution in [1.29, 1.82) is 0 Å². The molecular weight excluding hydrogens is 324 g/mol. The topological polar surface area (TPSA) is 147 Å². The normalized spacial score (nSPS) is 31.6. The van der Waals surface area contributed by atoms with Gasteiger partial charge in [-0.25, -0.2) is 4.79 Å². The fourth-order valence-corrected chi connectivity index (χ4v) is 2.36. The molecule has 0 saturated carbocycles. The molecule has 0 bridgehead atoms. The molecule has 1 aromatic rings. The largest absolute Gasteiger partial charge is 0.479 e. The summed E-state index contributed by atoms with van der Waals surface area (Å²) in [6, 6.07) is 1.54. The predicted molar refractivity (Wildman–Crippen MR) is 77.1 cm³/mol. The number of aliphatic carboxylic acids is 1. The van der Waals surface area contributed by atoms with Gasteiger partial charge in [-0.15, -0.1) is 0 Å². The van der Waals surface area contributed by atoms with Crippen LogP contribution in [0.5, 0.6) is 0 Å². The fourth-order valence-electron chi connectivity index (χ4n) is 2.36. The quantitative estimate of drug-likeness (QED) is 0.482. The van der Waals surface area contributed by atoms with Crippen molar-refractivity contribution in [3.63, 3.8) is 0 Å². The number of ketones is 1. The monoisotopic (exact) mass is 344 g/mol. The van der Waals surface area contributed by atoms with Gasteiger partial charge in [-0.2, -0.15) is 0 Å². The number of furan rings is 1. The van der Waals surface area contributed by atoms with E-state index in [0.717, 1.165) is 0 Å². The summed E-state index contributed by atoms with van der Waals surface area (Å²) in [4.78, 5) is 22.9. The fraction of sp³-hybridized carbons (Fsp3) is 0.600. The summed E-state index contributed by atoms with van der Waals surface area (Å²) < 4.78 is 15.2. The van der Waals surface area contributed by atoms with Gasteiger partial charge in [-0.05, 0) is 19.4 Å². The lowest BCUT2D eigenvalue weighted by Gasteiger charge is -2.39. The number of aliphatic hydroxyl groups is 3. The number of carboxylic acid groups (broad SMARTS) is 1. The van der Waals surface area contributed by atoms with Crippen LogP contribution in [-0.2, 0) is 14.3 Å². The van der Waals surface area contributed by atoms with Crippen LogP contribution >= 0.6 is 0 Å². The molecule has 9 heteroatoms. The molecule has 2 rings (SSSR count). The number of hydrogen-bond donors (Lipinski definition) is 4. The van der Waals surface area contributed by atoms with Crippen LogP contribution in [-0.4, -0.2) is 69.0 Å². The maximum absolute atomic E-state index is 11.9. The first-order valence-electron chi connectivity index (χ1n) is 7.44. The zero-order chi connectivity index (χ0) is 17.9. The maximum Gasteiger partial charge on any atom is 0.335 e. The highest BCUT2D eigenvalue weighted by Crippen LogP contribution is 2.24. The zero-order valence-electron chi connectivity index (χ0n) is 12.9. The van der Waals surface area contributed by atoms with E-state index in [9.17, 15) is 24.9 Å². The summed E-state index contributed by atoms with van der Waals surface area (Å²) in [5, 5.41) is 38.1. The number of carboxylic acids is 1. The predicted octanol–water partition coefficient (Wildman–Crippen LogP) is -0.460. The van der Waals surface area contributed by atoms with Crippen molar-refractivity contribution in [2.45, 2.75) is 56.6 Å². The average molecular weight is 344 g/mol. The highest BCUT2D eigenvalue weighted by Gasteiger charge is 2.47. The van der Waals surface area contributed by atoms with E-state index in [-0.39, 0.29) is 18.6 Å². The van der Waals surface area contributed by atoms with Crippen LogP contribution in [0.4, 0.5) is 0 Å². The van der Waals surface area contributed by atoms with Gasteiger partial charge in [-0.1, -0.05) is 0 Å². The molecular formula is C15H20O9. The second kappa shape index (κ2) is 7.86. The molecule has 1 aliphatic heterocycles. The highest BCUT2D eigenvalue weighted by atomic mass is 16.7. The van der Waals surface area contributed by atoms with Gasteiger partial charge in [-0.3, -0.25) is 4.79 Å². The van der Waals surface area contributed by atoms with Gasteiger partial charge >= 0.3 is 5.97 Å². The molecule has 9 nitrogen and oxygen atoms in total. The lowest BCUT2D eigenvalue weighted by Crippen LogP contribution is -2.60. The van der Waals surface area contributed by atoms with Crippen molar-refractivity contribution in [3.05, 3.63) is 24.2 Å². The maximum atomic E-state index is 11.9. The summed E-state index contributed by atoms with van der Waals surface area (Å²) in [6.45, 7) is 1.62. The van der Waals surface area contributed by atoms with Gasteiger partial charge in [0.15, 0.2) is 18.2 Å². The Kier molecular flexibility index (Phi) is 6.08. The highest BCUT2D eigenvalue weighted by molar-refractivity contribution is 5.95. The molecule has 134 valence electrons. The Bertz CT molecular complexity index is 555. The van der Waals surface area contributed by atoms with Crippen molar-refractivity contribution < 1.29 is 43.9 Å². The summed E-state index contributed by atoms with van der Waals surface area (Å²) in [6.07, 6.45) is -5.64. The summed E-state index contributed by atoms with van der Waals surface area (Å²) in [5.41, 5.74) is 0.431. The van der Waals surface area contributed by atoms with E-state index in [1.165, 1.54) is 18.6 Å². The van der Waals surface area contributed by atoms with Crippen molar-refractivity contribution in [3.8, 4) is 0 Å². The van der Waals surface area contributed by atoms with Gasteiger partial charge in [0.05, 0.1) is 17.9 Å². The molecule has 0 aromatic carbocycles. The van der Waals surface area contributed by atoms with Crippen LogP contribution in [0.3, 0.4) is 0 Å². The Morgan fingerprint density at radius 2 is 1.96 bits per heavy atom. The smallest absolute Gasteiger partial charge is 0.335 e. The first-order chi connectivity index (χ1) is 11.3. The van der Waals surface area contributed by atoms with Gasteiger partial charge < -0.3 is 34.3 Å². The Balaban J connectivity index is 1.88. The Morgan fingerprint density at radius 3 is 2.54 bits per heavy atom. The number of aliphatic hydroxyl groups excluding tert-OH is 3. The Hall–Kier alpha value is -1.78. The molecule has 1 saturated heterocycles. The Morgan fingerprint density at radius 1 is 1.25 bits per heavy atom. The molecule has 1 aromatic heterocycles. The van der Waals surface area contributed by atoms with Gasteiger partial charge in [0.25, 0.3) is 0 Å². The molecule has 0 spiro atoms. The second-order valence-corrected chi connectivity index (χ2v) is 5.66. The second-order valence-electron chi connectivity index (χ2n) is 5.66. The number of hydrogen-bond acceptors (Lipinski definition) is 8. The van der Waals surface area contributed by atoms with E-state index in [1.807, 2.05) is 0 Å². The molecule has 6 atom stereocenters. The minimum Gasteiger partial charge on any atom is -0.479 e. The standard InChI is InChI=1S/C15H20O9/c1-7(2-3-9(16)8-4-5-22-6-8)23-15-12(19)10(17)11(18)13(24-15)14(20)21/h4-7,10-13,15,17-19H,2-3H2,1H3,(H,20,21)/t7?,10-,11-,12+,13-,15+/m0/s1. The van der Waals surface area contributed by atoms with Crippen molar-refractivity contribution in [2.24, 2.45) is 0 Å². The van der Waals surface area contributed by atoms with Crippen molar-refractivity contribution in [2.75, 3.05) is 0 Å². The third-order valence-corrected chi connectivity index (χ3v) is 3.80. The zero-order valence-corrected chi connectivity index (χ0v) is 12.9. The first-order valence-corrected chi connectivity index (χ1v) is 7.44. The molecule has 1 unspecified atom stereocenters. The molecule has 24 heavy (non-hydrogen) atoms. The van der Waals surface area contributed by atoms with E-state index >= 15 is 0 Å².